The number of ether oxygens (including phenoxy) is 2. The summed E-state index contributed by atoms with van der Waals surface area (Å²) in [7, 11) is 0. The van der Waals surface area contributed by atoms with E-state index in [4.69, 9.17) is 14.6 Å². The molecule has 8 heteroatoms. The Kier molecular flexibility index (Phi) is 5.89. The Labute approximate surface area is 128 Å². The van der Waals surface area contributed by atoms with Gasteiger partial charge in [-0.15, -0.1) is 0 Å². The number of Topliss-reactive ketones (excluding diaryl/α,β-unsaturated/α-hetero) is 1. The van der Waals surface area contributed by atoms with Gasteiger partial charge < -0.3 is 35.0 Å². The van der Waals surface area contributed by atoms with Crippen molar-refractivity contribution in [2.75, 3.05) is 13.2 Å². The van der Waals surface area contributed by atoms with Crippen LogP contribution in [0.2, 0.25) is 0 Å². The SMILES string of the molecule is O=C1CCC(O)(CCOC2OC(CO)C(O)C(O)C2O)CC1. The highest BCUT2D eigenvalue weighted by Gasteiger charge is 2.44. The van der Waals surface area contributed by atoms with Crippen molar-refractivity contribution in [1.29, 1.82) is 0 Å². The molecule has 1 saturated heterocycles. The molecule has 0 aromatic heterocycles. The Morgan fingerprint density at radius 3 is 2.36 bits per heavy atom. The fraction of sp³-hybridized carbons (Fsp3) is 0.929. The first-order valence-electron chi connectivity index (χ1n) is 7.52. The maximum Gasteiger partial charge on any atom is 0.186 e. The van der Waals surface area contributed by atoms with Gasteiger partial charge in [0.2, 0.25) is 0 Å². The van der Waals surface area contributed by atoms with E-state index in [2.05, 4.69) is 0 Å². The van der Waals surface area contributed by atoms with Crippen LogP contribution in [0.5, 0.6) is 0 Å². The molecule has 8 nitrogen and oxygen atoms in total. The molecule has 1 saturated carbocycles. The lowest BCUT2D eigenvalue weighted by Gasteiger charge is -2.40. The van der Waals surface area contributed by atoms with Gasteiger partial charge in [0.05, 0.1) is 18.8 Å². The first-order chi connectivity index (χ1) is 10.4. The average Bonchev–Trinajstić information content (AvgIpc) is 2.50. The minimum absolute atomic E-state index is 0.0629. The first kappa shape index (κ1) is 17.7. The lowest BCUT2D eigenvalue weighted by molar-refractivity contribution is -0.302. The number of hydrogen-bond donors (Lipinski definition) is 5. The highest BCUT2D eigenvalue weighted by molar-refractivity contribution is 5.79. The molecule has 1 aliphatic heterocycles. The van der Waals surface area contributed by atoms with E-state index in [1.165, 1.54) is 0 Å². The van der Waals surface area contributed by atoms with Crippen molar-refractivity contribution in [2.24, 2.45) is 0 Å². The zero-order chi connectivity index (χ0) is 16.3. The maximum atomic E-state index is 11.2. The molecule has 0 aromatic carbocycles. The van der Waals surface area contributed by atoms with Crippen molar-refractivity contribution in [3.05, 3.63) is 0 Å². The minimum Gasteiger partial charge on any atom is -0.394 e. The lowest BCUT2D eigenvalue weighted by atomic mass is 9.82. The summed E-state index contributed by atoms with van der Waals surface area (Å²) in [5.74, 6) is 0.138. The summed E-state index contributed by atoms with van der Waals surface area (Å²) in [5, 5.41) is 48.5. The number of hydrogen-bond acceptors (Lipinski definition) is 8. The zero-order valence-corrected chi connectivity index (χ0v) is 12.3. The van der Waals surface area contributed by atoms with Gasteiger partial charge in [0, 0.05) is 12.8 Å². The molecule has 0 spiro atoms. The molecule has 5 N–H and O–H groups in total. The van der Waals surface area contributed by atoms with Crippen LogP contribution in [0.15, 0.2) is 0 Å². The van der Waals surface area contributed by atoms with Crippen molar-refractivity contribution in [3.8, 4) is 0 Å². The Morgan fingerprint density at radius 1 is 1.14 bits per heavy atom. The Hall–Kier alpha value is -0.610. The van der Waals surface area contributed by atoms with Gasteiger partial charge in [0.25, 0.3) is 0 Å². The molecule has 1 aliphatic carbocycles. The summed E-state index contributed by atoms with van der Waals surface area (Å²) in [6.45, 7) is -0.454. The molecular formula is C14H24O8. The molecule has 0 bridgehead atoms. The van der Waals surface area contributed by atoms with Crippen LogP contribution in [0.4, 0.5) is 0 Å². The van der Waals surface area contributed by atoms with Gasteiger partial charge in [-0.05, 0) is 19.3 Å². The molecule has 2 fully saturated rings. The highest BCUT2D eigenvalue weighted by Crippen LogP contribution is 2.30. The first-order valence-corrected chi connectivity index (χ1v) is 7.52. The van der Waals surface area contributed by atoms with Crippen molar-refractivity contribution in [3.63, 3.8) is 0 Å². The second kappa shape index (κ2) is 7.31. The quantitative estimate of drug-likeness (QED) is 0.395. The van der Waals surface area contributed by atoms with Crippen LogP contribution < -0.4 is 0 Å². The third-order valence-electron chi connectivity index (χ3n) is 4.44. The van der Waals surface area contributed by atoms with E-state index in [1.807, 2.05) is 0 Å². The molecule has 0 radical (unpaired) electrons. The van der Waals surface area contributed by atoms with Crippen molar-refractivity contribution < 1.29 is 39.8 Å². The predicted octanol–water partition coefficient (Wildman–Crippen LogP) is -1.93. The highest BCUT2D eigenvalue weighted by atomic mass is 16.7. The molecule has 2 aliphatic rings. The number of carbonyl (C=O) groups is 1. The molecule has 2 rings (SSSR count). The molecule has 5 unspecified atom stereocenters. The van der Waals surface area contributed by atoms with Crippen molar-refractivity contribution >= 4 is 5.78 Å². The van der Waals surface area contributed by atoms with Crippen LogP contribution in [-0.2, 0) is 14.3 Å². The number of rotatable bonds is 5. The van der Waals surface area contributed by atoms with Gasteiger partial charge in [-0.2, -0.15) is 0 Å². The maximum absolute atomic E-state index is 11.2. The molecule has 5 atom stereocenters. The summed E-state index contributed by atoms with van der Waals surface area (Å²) >= 11 is 0. The van der Waals surface area contributed by atoms with Crippen molar-refractivity contribution in [2.45, 2.75) is 68.4 Å². The molecule has 1 heterocycles. The summed E-state index contributed by atoms with van der Waals surface area (Å²) in [6.07, 6.45) is -4.83. The lowest BCUT2D eigenvalue weighted by Crippen LogP contribution is -2.59. The standard InChI is InChI=1S/C14H24O8/c15-7-9-10(17)11(18)12(19)13(22-9)21-6-5-14(20)3-1-8(16)2-4-14/h9-13,15,17-20H,1-7H2. The van der Waals surface area contributed by atoms with Crippen LogP contribution in [0.1, 0.15) is 32.1 Å². The van der Waals surface area contributed by atoms with E-state index in [1.54, 1.807) is 0 Å². The van der Waals surface area contributed by atoms with E-state index in [0.717, 1.165) is 0 Å². The van der Waals surface area contributed by atoms with Crippen LogP contribution >= 0.6 is 0 Å². The van der Waals surface area contributed by atoms with Crippen molar-refractivity contribution in [1.82, 2.24) is 0 Å². The van der Waals surface area contributed by atoms with Gasteiger partial charge in [0.1, 0.15) is 30.2 Å². The number of ketones is 1. The van der Waals surface area contributed by atoms with Gasteiger partial charge in [0.15, 0.2) is 6.29 Å². The van der Waals surface area contributed by atoms with Gasteiger partial charge in [-0.25, -0.2) is 0 Å². The van der Waals surface area contributed by atoms with Gasteiger partial charge in [-0.3, -0.25) is 4.79 Å². The average molecular weight is 320 g/mol. The van der Waals surface area contributed by atoms with Crippen LogP contribution in [-0.4, -0.2) is 80.8 Å². The fourth-order valence-corrected chi connectivity index (χ4v) is 2.81. The van der Waals surface area contributed by atoms with E-state index in [-0.39, 0.29) is 18.8 Å². The fourth-order valence-electron chi connectivity index (χ4n) is 2.81. The Bertz CT molecular complexity index is 375. The Morgan fingerprint density at radius 2 is 1.77 bits per heavy atom. The molecule has 128 valence electrons. The molecular weight excluding hydrogens is 296 g/mol. The van der Waals surface area contributed by atoms with Gasteiger partial charge in [-0.1, -0.05) is 0 Å². The normalized spacial score (nSPS) is 39.0. The van der Waals surface area contributed by atoms with E-state index in [9.17, 15) is 25.2 Å². The second-order valence-corrected chi connectivity index (χ2v) is 6.08. The van der Waals surface area contributed by atoms with E-state index < -0.39 is 42.9 Å². The second-order valence-electron chi connectivity index (χ2n) is 6.08. The Balaban J connectivity index is 1.81. The topological polar surface area (TPSA) is 137 Å². The molecule has 0 aromatic rings. The van der Waals surface area contributed by atoms with E-state index >= 15 is 0 Å². The van der Waals surface area contributed by atoms with E-state index in [0.29, 0.717) is 25.7 Å². The molecule has 0 amide bonds. The van der Waals surface area contributed by atoms with Crippen LogP contribution in [0.3, 0.4) is 0 Å². The summed E-state index contributed by atoms with van der Waals surface area (Å²) in [6, 6.07) is 0. The van der Waals surface area contributed by atoms with Gasteiger partial charge >= 0.3 is 0 Å². The summed E-state index contributed by atoms with van der Waals surface area (Å²) in [4.78, 5) is 11.2. The zero-order valence-electron chi connectivity index (χ0n) is 12.3. The predicted molar refractivity (Wildman–Crippen MR) is 72.8 cm³/mol. The van der Waals surface area contributed by atoms with Crippen LogP contribution in [0.25, 0.3) is 0 Å². The summed E-state index contributed by atoms with van der Waals surface area (Å²) < 4.78 is 10.5. The third-order valence-corrected chi connectivity index (χ3v) is 4.44. The number of carbonyl (C=O) groups excluding carboxylic acids is 1. The minimum atomic E-state index is -1.48. The molecule has 22 heavy (non-hydrogen) atoms. The monoisotopic (exact) mass is 320 g/mol. The smallest absolute Gasteiger partial charge is 0.186 e. The third kappa shape index (κ3) is 4.02. The summed E-state index contributed by atoms with van der Waals surface area (Å²) in [5.41, 5.74) is -0.970. The number of aliphatic hydroxyl groups excluding tert-OH is 4. The largest absolute Gasteiger partial charge is 0.394 e. The number of aliphatic hydroxyl groups is 5. The van der Waals surface area contributed by atoms with Crippen LogP contribution in [0, 0.1) is 0 Å².